The quantitative estimate of drug-likeness (QED) is 0.0619. The van der Waals surface area contributed by atoms with Crippen molar-refractivity contribution in [1.82, 2.24) is 9.13 Å². The maximum Gasteiger partial charge on any atom is 0.343 e. The molecule has 1 atom stereocenters. The molecule has 256 valence electrons. The number of hydrogen-bond acceptors (Lipinski definition) is 13. The van der Waals surface area contributed by atoms with Crippen molar-refractivity contribution < 1.29 is 55.5 Å². The second-order valence-electron chi connectivity index (χ2n) is 10.1. The average molecular weight is 724 g/mol. The topological polar surface area (TPSA) is 270 Å². The summed E-state index contributed by atoms with van der Waals surface area (Å²) >= 11 is -3.40. The lowest BCUT2D eigenvalue weighted by Crippen LogP contribution is -2.38. The van der Waals surface area contributed by atoms with Crippen LogP contribution in [-0.4, -0.2) is 77.6 Å². The molecule has 4 aromatic carbocycles. The highest BCUT2D eigenvalue weighted by Gasteiger charge is 2.30. The number of carbonyl (C=O) groups is 5. The van der Waals surface area contributed by atoms with Crippen molar-refractivity contribution in [3.8, 4) is 5.75 Å². The minimum atomic E-state index is -4.98. The summed E-state index contributed by atoms with van der Waals surface area (Å²) in [6.07, 6.45) is 0. The molecule has 0 saturated carbocycles. The number of imidazole rings is 1. The van der Waals surface area contributed by atoms with Crippen LogP contribution in [0.15, 0.2) is 87.8 Å². The number of azo groups is 1. The van der Waals surface area contributed by atoms with E-state index in [0.29, 0.717) is 10.8 Å². The normalized spacial score (nSPS) is 12.2. The monoisotopic (exact) mass is 723 g/mol. The number of anilines is 1. The Bertz CT molecular complexity index is 2520. The molecule has 18 nitrogen and oxygen atoms in total. The van der Waals surface area contributed by atoms with Gasteiger partial charge in [0.05, 0.1) is 29.3 Å². The Hall–Kier alpha value is -6.22. The van der Waals surface area contributed by atoms with Crippen molar-refractivity contribution in [2.75, 3.05) is 18.2 Å². The SMILES string of the molecule is COC(=O)c1ccccc1N=Nc1c(O)c(C(=O)Nc2ccc3c(c2)n(C(=O)C(=O)S(=O)O)c(=O)n3C(=O)CS(=O)(=O)O)cc2ccccc12. The first kappa shape index (κ1) is 35.1. The van der Waals surface area contributed by atoms with E-state index in [9.17, 15) is 46.5 Å². The summed E-state index contributed by atoms with van der Waals surface area (Å²) in [7, 11) is -3.80. The predicted molar refractivity (Wildman–Crippen MR) is 175 cm³/mol. The van der Waals surface area contributed by atoms with Crippen LogP contribution in [0.1, 0.15) is 30.3 Å². The van der Waals surface area contributed by atoms with Gasteiger partial charge in [0, 0.05) is 11.1 Å². The van der Waals surface area contributed by atoms with Crippen molar-refractivity contribution in [3.05, 3.63) is 94.4 Å². The fourth-order valence-electron chi connectivity index (χ4n) is 4.84. The molecule has 50 heavy (non-hydrogen) atoms. The van der Waals surface area contributed by atoms with Crippen LogP contribution >= 0.6 is 0 Å². The summed E-state index contributed by atoms with van der Waals surface area (Å²) in [5.41, 5.74) is -3.22. The number of phenolic OH excluding ortho intramolecular Hbond substituents is 1. The number of methoxy groups -OCH3 is 1. The first-order valence-electron chi connectivity index (χ1n) is 13.7. The second-order valence-corrected chi connectivity index (χ2v) is 12.4. The molecule has 0 aliphatic rings. The zero-order valence-corrected chi connectivity index (χ0v) is 26.8. The van der Waals surface area contributed by atoms with E-state index in [0.717, 1.165) is 18.2 Å². The number of nitrogens with zero attached hydrogens (tertiary/aromatic N) is 4. The molecular weight excluding hydrogens is 702 g/mol. The molecule has 0 fully saturated rings. The number of carbonyl (C=O) groups excluding carboxylic acids is 5. The molecule has 1 aromatic heterocycles. The van der Waals surface area contributed by atoms with E-state index in [1.54, 1.807) is 36.4 Å². The van der Waals surface area contributed by atoms with Gasteiger partial charge in [-0.25, -0.2) is 22.9 Å². The standard InChI is InChI=1S/C30H21N5O13S2/c1-48-28(40)18-8-4-5-9-20(18)32-33-24-17-7-3-2-6-15(17)12-19(25(24)37)26(38)31-16-10-11-21-22(13-16)35(27(39)29(41)49(43)44)30(42)34(21)23(36)14-50(45,46)47/h2-13,37H,14H2,1H3,(H,31,38)(H,43,44)(H,45,46,47). The van der Waals surface area contributed by atoms with Crippen LogP contribution in [0.3, 0.4) is 0 Å². The van der Waals surface area contributed by atoms with Gasteiger partial charge < -0.3 is 15.2 Å². The summed E-state index contributed by atoms with van der Waals surface area (Å²) < 4.78 is 57.2. The summed E-state index contributed by atoms with van der Waals surface area (Å²) in [6.45, 7) is 0. The molecule has 5 rings (SSSR count). The van der Waals surface area contributed by atoms with Crippen LogP contribution in [0.4, 0.5) is 17.1 Å². The van der Waals surface area contributed by atoms with Crippen molar-refractivity contribution >= 4 is 88.9 Å². The van der Waals surface area contributed by atoms with Crippen LogP contribution in [0.2, 0.25) is 0 Å². The Morgan fingerprint density at radius 2 is 1.58 bits per heavy atom. The van der Waals surface area contributed by atoms with Crippen LogP contribution in [0, 0.1) is 0 Å². The Morgan fingerprint density at radius 3 is 2.26 bits per heavy atom. The van der Waals surface area contributed by atoms with Gasteiger partial charge in [-0.15, -0.1) is 10.2 Å². The zero-order chi connectivity index (χ0) is 36.5. The van der Waals surface area contributed by atoms with Crippen molar-refractivity contribution in [2.24, 2.45) is 10.2 Å². The molecule has 20 heteroatoms. The summed E-state index contributed by atoms with van der Waals surface area (Å²) in [5, 5.41) is 20.7. The van der Waals surface area contributed by atoms with Gasteiger partial charge in [0.2, 0.25) is 11.1 Å². The lowest BCUT2D eigenvalue weighted by atomic mass is 10.0. The Kier molecular flexibility index (Phi) is 9.63. The maximum absolute atomic E-state index is 13.6. The van der Waals surface area contributed by atoms with Gasteiger partial charge in [-0.2, -0.15) is 8.42 Å². The Balaban J connectivity index is 1.60. The minimum absolute atomic E-state index is 0.0154. The molecule has 0 aliphatic carbocycles. The van der Waals surface area contributed by atoms with Crippen LogP contribution in [0.25, 0.3) is 21.8 Å². The number of fused-ring (bicyclic) bond motifs is 2. The van der Waals surface area contributed by atoms with E-state index in [-0.39, 0.29) is 37.3 Å². The second kappa shape index (κ2) is 13.7. The van der Waals surface area contributed by atoms with Crippen molar-refractivity contribution in [1.29, 1.82) is 0 Å². The summed E-state index contributed by atoms with van der Waals surface area (Å²) in [4.78, 5) is 76.3. The van der Waals surface area contributed by atoms with Gasteiger partial charge in [0.15, 0.2) is 11.5 Å². The number of hydrogen-bond donors (Lipinski definition) is 4. The van der Waals surface area contributed by atoms with Gasteiger partial charge in [0.25, 0.3) is 21.9 Å². The van der Waals surface area contributed by atoms with E-state index in [2.05, 4.69) is 15.5 Å². The molecule has 0 saturated heterocycles. The first-order chi connectivity index (χ1) is 23.6. The smallest absolute Gasteiger partial charge is 0.343 e. The van der Waals surface area contributed by atoms with Gasteiger partial charge >= 0.3 is 22.7 Å². The van der Waals surface area contributed by atoms with Crippen LogP contribution in [-0.2, 0) is 30.7 Å². The van der Waals surface area contributed by atoms with Crippen LogP contribution < -0.4 is 11.0 Å². The lowest BCUT2D eigenvalue weighted by Gasteiger charge is -2.12. The van der Waals surface area contributed by atoms with Gasteiger partial charge in [-0.05, 0) is 41.8 Å². The minimum Gasteiger partial charge on any atom is -0.505 e. The molecule has 1 heterocycles. The average Bonchev–Trinajstić information content (AvgIpc) is 3.36. The number of aromatic nitrogens is 2. The molecule has 4 N–H and O–H groups in total. The number of esters is 1. The van der Waals surface area contributed by atoms with Gasteiger partial charge in [0.1, 0.15) is 11.4 Å². The molecule has 0 aliphatic heterocycles. The molecule has 5 aromatic rings. The van der Waals surface area contributed by atoms with Gasteiger partial charge in [-0.3, -0.25) is 28.3 Å². The number of aromatic hydroxyl groups is 1. The highest BCUT2D eigenvalue weighted by atomic mass is 32.2. The molecular formula is C30H21N5O13S2. The van der Waals surface area contributed by atoms with E-state index in [1.165, 1.54) is 25.3 Å². The van der Waals surface area contributed by atoms with E-state index < -0.39 is 78.2 Å². The highest BCUT2D eigenvalue weighted by Crippen LogP contribution is 2.40. The third kappa shape index (κ3) is 6.84. The van der Waals surface area contributed by atoms with E-state index >= 15 is 0 Å². The molecule has 0 radical (unpaired) electrons. The fourth-order valence-corrected chi connectivity index (χ4v) is 5.52. The number of ether oxygens (including phenoxy) is 1. The maximum atomic E-state index is 13.6. The highest BCUT2D eigenvalue weighted by molar-refractivity contribution is 7.97. The number of phenols is 1. The summed E-state index contributed by atoms with van der Waals surface area (Å²) in [6, 6.07) is 16.9. The van der Waals surface area contributed by atoms with Gasteiger partial charge in [-0.1, -0.05) is 36.4 Å². The number of amides is 1. The predicted octanol–water partition coefficient (Wildman–Crippen LogP) is 3.03. The third-order valence-electron chi connectivity index (χ3n) is 7.00. The fraction of sp³-hybridized carbons (Fsp3) is 0.0667. The number of nitrogens with one attached hydrogen (secondary N) is 1. The molecule has 1 unspecified atom stereocenters. The lowest BCUT2D eigenvalue weighted by molar-refractivity contribution is -0.108. The third-order valence-corrected chi connectivity index (χ3v) is 8.10. The number of benzene rings is 4. The Morgan fingerprint density at radius 1 is 0.900 bits per heavy atom. The number of rotatable bonds is 7. The summed E-state index contributed by atoms with van der Waals surface area (Å²) in [5.74, 6) is -7.34. The molecule has 0 bridgehead atoms. The van der Waals surface area contributed by atoms with E-state index in [4.69, 9.17) is 13.8 Å². The largest absolute Gasteiger partial charge is 0.505 e. The van der Waals surface area contributed by atoms with Crippen molar-refractivity contribution in [3.63, 3.8) is 0 Å². The Labute approximate surface area is 281 Å². The zero-order valence-electron chi connectivity index (χ0n) is 25.2. The van der Waals surface area contributed by atoms with Crippen LogP contribution in [0.5, 0.6) is 5.75 Å². The van der Waals surface area contributed by atoms with Crippen molar-refractivity contribution in [2.45, 2.75) is 0 Å². The molecule has 1 amide bonds. The first-order valence-corrected chi connectivity index (χ1v) is 16.4. The molecule has 0 spiro atoms. The van der Waals surface area contributed by atoms with E-state index in [1.807, 2.05) is 0 Å².